The lowest BCUT2D eigenvalue weighted by Crippen LogP contribution is -2.30. The van der Waals surface area contributed by atoms with E-state index in [2.05, 4.69) is 10.6 Å². The number of rotatable bonds is 8. The van der Waals surface area contributed by atoms with Gasteiger partial charge in [0.05, 0.1) is 5.75 Å². The average molecular weight is 386 g/mol. The first kappa shape index (κ1) is 20.5. The van der Waals surface area contributed by atoms with Crippen molar-refractivity contribution in [1.82, 2.24) is 5.32 Å². The van der Waals surface area contributed by atoms with Crippen molar-refractivity contribution in [1.29, 1.82) is 0 Å². The minimum absolute atomic E-state index is 0.0350. The van der Waals surface area contributed by atoms with Crippen molar-refractivity contribution in [3.05, 3.63) is 65.2 Å². The third kappa shape index (κ3) is 6.79. The van der Waals surface area contributed by atoms with Gasteiger partial charge in [-0.25, -0.2) is 0 Å². The molecule has 0 atom stereocenters. The van der Waals surface area contributed by atoms with Crippen LogP contribution in [0.2, 0.25) is 0 Å². The number of carbonyl (C=O) groups excluding carboxylic acids is 2. The largest absolute Gasteiger partial charge is 0.481 e. The molecule has 0 saturated carbocycles. The maximum absolute atomic E-state index is 12.4. The number of hydrogen-bond donors (Lipinski definition) is 3. The Kier molecular flexibility index (Phi) is 7.43. The van der Waals surface area contributed by atoms with Crippen LogP contribution in [0.3, 0.4) is 0 Å². The van der Waals surface area contributed by atoms with Crippen LogP contribution in [0.25, 0.3) is 0 Å². The van der Waals surface area contributed by atoms with Crippen LogP contribution in [-0.2, 0) is 10.5 Å². The van der Waals surface area contributed by atoms with Crippen molar-refractivity contribution in [2.75, 3.05) is 11.1 Å². The monoisotopic (exact) mass is 386 g/mol. The van der Waals surface area contributed by atoms with Gasteiger partial charge in [0.2, 0.25) is 0 Å². The standard InChI is InChI=1S/C20H22N2O4S/c1-13(2)21-19(25)15-6-8-16(9-7-15)20(26)22-17-5-3-4-14(10-17)11-27-12-18(23)24/h3-10,13H,11-12H2,1-2H3,(H,21,25)(H,22,26)(H,23,24). The first-order valence-electron chi connectivity index (χ1n) is 8.46. The molecule has 2 amide bonds. The maximum Gasteiger partial charge on any atom is 0.313 e. The second-order valence-electron chi connectivity index (χ2n) is 6.25. The van der Waals surface area contributed by atoms with Gasteiger partial charge in [0.25, 0.3) is 11.8 Å². The van der Waals surface area contributed by atoms with Gasteiger partial charge in [-0.05, 0) is 55.8 Å². The molecule has 0 saturated heterocycles. The summed E-state index contributed by atoms with van der Waals surface area (Å²) >= 11 is 1.30. The van der Waals surface area contributed by atoms with E-state index >= 15 is 0 Å². The molecule has 2 aromatic carbocycles. The summed E-state index contributed by atoms with van der Waals surface area (Å²) in [4.78, 5) is 34.9. The Morgan fingerprint density at radius 1 is 1.00 bits per heavy atom. The lowest BCUT2D eigenvalue weighted by molar-refractivity contribution is -0.133. The van der Waals surface area contributed by atoms with Crippen molar-refractivity contribution < 1.29 is 19.5 Å². The zero-order chi connectivity index (χ0) is 19.8. The van der Waals surface area contributed by atoms with Crippen molar-refractivity contribution in [2.45, 2.75) is 25.6 Å². The van der Waals surface area contributed by atoms with Crippen LogP contribution in [0.15, 0.2) is 48.5 Å². The van der Waals surface area contributed by atoms with Gasteiger partial charge < -0.3 is 15.7 Å². The lowest BCUT2D eigenvalue weighted by Gasteiger charge is -2.10. The fourth-order valence-corrected chi connectivity index (χ4v) is 3.01. The van der Waals surface area contributed by atoms with Crippen LogP contribution < -0.4 is 10.6 Å². The molecule has 0 aliphatic heterocycles. The molecule has 0 fully saturated rings. The zero-order valence-electron chi connectivity index (χ0n) is 15.2. The number of carbonyl (C=O) groups is 3. The summed E-state index contributed by atoms with van der Waals surface area (Å²) in [5.74, 6) is -0.720. The van der Waals surface area contributed by atoms with Crippen molar-refractivity contribution in [3.8, 4) is 0 Å². The molecule has 0 aliphatic rings. The molecule has 3 N–H and O–H groups in total. The molecule has 0 spiro atoms. The Bertz CT molecular complexity index is 819. The molecule has 27 heavy (non-hydrogen) atoms. The molecular weight excluding hydrogens is 364 g/mol. The molecule has 7 heteroatoms. The molecule has 0 bridgehead atoms. The maximum atomic E-state index is 12.4. The van der Waals surface area contributed by atoms with Crippen molar-refractivity contribution in [2.24, 2.45) is 0 Å². The summed E-state index contributed by atoms with van der Waals surface area (Å²) in [6, 6.07) is 13.8. The molecule has 0 radical (unpaired) electrons. The third-order valence-corrected chi connectivity index (χ3v) is 4.50. The van der Waals surface area contributed by atoms with Crippen LogP contribution in [0.1, 0.15) is 40.1 Å². The number of thioether (sulfide) groups is 1. The number of anilines is 1. The second kappa shape index (κ2) is 9.78. The van der Waals surface area contributed by atoms with E-state index < -0.39 is 5.97 Å². The molecule has 0 aromatic heterocycles. The molecule has 2 aromatic rings. The van der Waals surface area contributed by atoms with E-state index in [0.29, 0.717) is 22.6 Å². The molecule has 0 unspecified atom stereocenters. The van der Waals surface area contributed by atoms with Crippen molar-refractivity contribution in [3.63, 3.8) is 0 Å². The summed E-state index contributed by atoms with van der Waals surface area (Å²) in [7, 11) is 0. The van der Waals surface area contributed by atoms with E-state index in [9.17, 15) is 14.4 Å². The SMILES string of the molecule is CC(C)NC(=O)c1ccc(C(=O)Nc2cccc(CSCC(=O)O)c2)cc1. The van der Waals surface area contributed by atoms with Crippen LogP contribution >= 0.6 is 11.8 Å². The number of hydrogen-bond acceptors (Lipinski definition) is 4. The van der Waals surface area contributed by atoms with Gasteiger partial charge >= 0.3 is 5.97 Å². The van der Waals surface area contributed by atoms with Crippen LogP contribution in [0, 0.1) is 0 Å². The predicted molar refractivity (Wildman–Crippen MR) is 107 cm³/mol. The number of aliphatic carboxylic acids is 1. The van der Waals surface area contributed by atoms with E-state index in [4.69, 9.17) is 5.11 Å². The summed E-state index contributed by atoms with van der Waals surface area (Å²) in [5, 5.41) is 14.3. The number of carboxylic acid groups (broad SMARTS) is 1. The molecular formula is C20H22N2O4S. The molecule has 6 nitrogen and oxygen atoms in total. The normalized spacial score (nSPS) is 10.5. The fraction of sp³-hybridized carbons (Fsp3) is 0.250. The average Bonchev–Trinajstić information content (AvgIpc) is 2.61. The Labute approximate surface area is 162 Å². The summed E-state index contributed by atoms with van der Waals surface area (Å²) in [6.07, 6.45) is 0. The summed E-state index contributed by atoms with van der Waals surface area (Å²) < 4.78 is 0. The number of nitrogens with one attached hydrogen (secondary N) is 2. The minimum atomic E-state index is -0.852. The Balaban J connectivity index is 1.98. The van der Waals surface area contributed by atoms with Gasteiger partial charge in [0.15, 0.2) is 0 Å². The van der Waals surface area contributed by atoms with E-state index in [0.717, 1.165) is 5.56 Å². The Morgan fingerprint density at radius 2 is 1.63 bits per heavy atom. The molecule has 0 aliphatic carbocycles. The topological polar surface area (TPSA) is 95.5 Å². The summed E-state index contributed by atoms with van der Waals surface area (Å²) in [6.45, 7) is 3.77. The van der Waals surface area contributed by atoms with E-state index in [-0.39, 0.29) is 23.6 Å². The van der Waals surface area contributed by atoms with E-state index in [1.807, 2.05) is 32.0 Å². The highest BCUT2D eigenvalue weighted by molar-refractivity contribution is 7.99. The smallest absolute Gasteiger partial charge is 0.313 e. The van der Waals surface area contributed by atoms with E-state index in [1.54, 1.807) is 30.3 Å². The van der Waals surface area contributed by atoms with Crippen molar-refractivity contribution >= 4 is 35.2 Å². The number of amides is 2. The lowest BCUT2D eigenvalue weighted by atomic mass is 10.1. The van der Waals surface area contributed by atoms with Gasteiger partial charge in [0.1, 0.15) is 0 Å². The van der Waals surface area contributed by atoms with Gasteiger partial charge in [-0.2, -0.15) is 0 Å². The van der Waals surface area contributed by atoms with Gasteiger partial charge in [-0.3, -0.25) is 14.4 Å². The highest BCUT2D eigenvalue weighted by atomic mass is 32.2. The van der Waals surface area contributed by atoms with Gasteiger partial charge in [-0.1, -0.05) is 12.1 Å². The fourth-order valence-electron chi connectivity index (χ4n) is 2.32. The number of benzene rings is 2. The molecule has 0 heterocycles. The van der Waals surface area contributed by atoms with Crippen LogP contribution in [0.5, 0.6) is 0 Å². The van der Waals surface area contributed by atoms with E-state index in [1.165, 1.54) is 11.8 Å². The first-order valence-corrected chi connectivity index (χ1v) is 9.61. The summed E-state index contributed by atoms with van der Waals surface area (Å²) in [5.41, 5.74) is 2.51. The number of carboxylic acids is 1. The van der Waals surface area contributed by atoms with Gasteiger partial charge in [-0.15, -0.1) is 11.8 Å². The quantitative estimate of drug-likeness (QED) is 0.646. The van der Waals surface area contributed by atoms with Gasteiger partial charge in [0, 0.05) is 28.6 Å². The Morgan fingerprint density at radius 3 is 2.22 bits per heavy atom. The van der Waals surface area contributed by atoms with Crippen LogP contribution in [-0.4, -0.2) is 34.7 Å². The van der Waals surface area contributed by atoms with Crippen LogP contribution in [0.4, 0.5) is 5.69 Å². The minimum Gasteiger partial charge on any atom is -0.481 e. The third-order valence-electron chi connectivity index (χ3n) is 3.51. The first-order chi connectivity index (χ1) is 12.8. The molecule has 2 rings (SSSR count). The molecule has 142 valence electrons. The second-order valence-corrected chi connectivity index (χ2v) is 7.23. The predicted octanol–water partition coefficient (Wildman–Crippen LogP) is 3.39. The Hall–Kier alpha value is -2.80. The highest BCUT2D eigenvalue weighted by Gasteiger charge is 2.10. The highest BCUT2D eigenvalue weighted by Crippen LogP contribution is 2.17. The zero-order valence-corrected chi connectivity index (χ0v) is 16.0.